The van der Waals surface area contributed by atoms with Crippen LogP contribution in [-0.4, -0.2) is 36.7 Å². The van der Waals surface area contributed by atoms with Crippen LogP contribution in [0.4, 0.5) is 13.2 Å². The van der Waals surface area contributed by atoms with Gasteiger partial charge in [0.25, 0.3) is 0 Å². The van der Waals surface area contributed by atoms with Crippen LogP contribution in [0.1, 0.15) is 0 Å². The van der Waals surface area contributed by atoms with Crippen molar-refractivity contribution in [2.75, 3.05) is 6.61 Å². The summed E-state index contributed by atoms with van der Waals surface area (Å²) in [5.74, 6) is -0.312. The summed E-state index contributed by atoms with van der Waals surface area (Å²) in [6.45, 7) is -1.65. The summed E-state index contributed by atoms with van der Waals surface area (Å²) in [7, 11) is -5.60. The molecule has 2 aromatic carbocycles. The molecule has 0 aliphatic heterocycles. The van der Waals surface area contributed by atoms with Gasteiger partial charge >= 0.3 is 15.4 Å². The van der Waals surface area contributed by atoms with E-state index in [9.17, 15) is 26.7 Å². The second-order valence-electron chi connectivity index (χ2n) is 4.82. The van der Waals surface area contributed by atoms with Gasteiger partial charge in [-0.05, 0) is 48.5 Å². The van der Waals surface area contributed by atoms with Crippen LogP contribution in [0.5, 0.6) is 11.5 Å². The van der Waals surface area contributed by atoms with E-state index in [2.05, 4.69) is 4.18 Å². The Labute approximate surface area is 146 Å². The summed E-state index contributed by atoms with van der Waals surface area (Å²) >= 11 is 1.28. The first-order valence-corrected chi connectivity index (χ1v) is 9.02. The highest BCUT2D eigenvalue weighted by Crippen LogP contribution is 2.33. The number of alkyl halides is 3. The number of aliphatic hydroxyl groups excluding tert-OH is 1. The van der Waals surface area contributed by atoms with E-state index in [0.29, 0.717) is 4.90 Å². The summed E-state index contributed by atoms with van der Waals surface area (Å²) in [5.41, 5.74) is 0. The zero-order valence-electron chi connectivity index (χ0n) is 12.5. The van der Waals surface area contributed by atoms with Crippen LogP contribution in [0, 0.1) is 0 Å². The minimum atomic E-state index is -5.60. The Morgan fingerprint density at radius 2 is 1.52 bits per heavy atom. The van der Waals surface area contributed by atoms with Crippen LogP contribution in [0.3, 0.4) is 0 Å². The van der Waals surface area contributed by atoms with Gasteiger partial charge in [-0.3, -0.25) is 0 Å². The zero-order valence-corrected chi connectivity index (χ0v) is 14.1. The number of rotatable bonds is 7. The number of phenolic OH excluding ortho intramolecular Hbond substituents is 1. The van der Waals surface area contributed by atoms with Gasteiger partial charge in [0.2, 0.25) is 6.17 Å². The highest BCUT2D eigenvalue weighted by atomic mass is 32.2. The number of halogens is 3. The Morgan fingerprint density at radius 1 is 1.04 bits per heavy atom. The molecule has 2 aromatic rings. The third-order valence-electron chi connectivity index (χ3n) is 2.96. The van der Waals surface area contributed by atoms with Crippen LogP contribution in [0.15, 0.2) is 58.3 Å². The molecule has 0 aliphatic rings. The highest BCUT2D eigenvalue weighted by Gasteiger charge is 2.55. The normalized spacial score (nSPS) is 13.4. The number of aliphatic hydroxyl groups is 1. The Morgan fingerprint density at radius 3 is 2.00 bits per heavy atom. The molecule has 0 fully saturated rings. The van der Waals surface area contributed by atoms with Gasteiger partial charge in [0.05, 0.1) is 6.61 Å². The first kappa shape index (κ1) is 19.4. The average Bonchev–Trinajstić information content (AvgIpc) is 2.57. The van der Waals surface area contributed by atoms with Crippen molar-refractivity contribution in [2.24, 2.45) is 0 Å². The second-order valence-corrected chi connectivity index (χ2v) is 7.58. The smallest absolute Gasteiger partial charge is 0.412 e. The molecule has 2 rings (SSSR count). The number of hydrogen-bond donors (Lipinski definition) is 2. The van der Waals surface area contributed by atoms with E-state index < -0.39 is 33.9 Å². The van der Waals surface area contributed by atoms with Gasteiger partial charge in [-0.2, -0.15) is 17.2 Å². The molecule has 0 amide bonds. The quantitative estimate of drug-likeness (QED) is 0.702. The lowest BCUT2D eigenvalue weighted by molar-refractivity contribution is -0.0259. The van der Waals surface area contributed by atoms with Crippen LogP contribution in [-0.2, 0) is 10.1 Å². The molecule has 0 saturated carbocycles. The minimum Gasteiger partial charge on any atom is -0.508 e. The molecule has 0 heterocycles. The van der Waals surface area contributed by atoms with Crippen molar-refractivity contribution in [1.82, 2.24) is 0 Å². The summed E-state index contributed by atoms with van der Waals surface area (Å²) < 4.78 is 67.0. The molecule has 5 nitrogen and oxygen atoms in total. The molecular weight excluding hydrogens is 381 g/mol. The summed E-state index contributed by atoms with van der Waals surface area (Å²) in [5, 5.41) is 12.7. The van der Waals surface area contributed by atoms with E-state index in [0.717, 1.165) is 17.0 Å². The highest BCUT2D eigenvalue weighted by molar-refractivity contribution is 7.99. The van der Waals surface area contributed by atoms with Crippen LogP contribution in [0.2, 0.25) is 0 Å². The molecule has 0 aliphatic carbocycles. The lowest BCUT2D eigenvalue weighted by Crippen LogP contribution is -2.43. The van der Waals surface area contributed by atoms with Crippen LogP contribution >= 0.6 is 11.8 Å². The fourth-order valence-corrected chi connectivity index (χ4v) is 3.34. The third-order valence-corrected chi connectivity index (χ3v) is 5.31. The van der Waals surface area contributed by atoms with Gasteiger partial charge in [-0.15, -0.1) is 0 Å². The minimum absolute atomic E-state index is 0.105. The number of aromatic hydroxyl groups is 1. The molecule has 1 atom stereocenters. The molecule has 0 spiro atoms. The van der Waals surface area contributed by atoms with E-state index in [4.69, 9.17) is 5.11 Å². The van der Waals surface area contributed by atoms with E-state index in [1.165, 1.54) is 36.0 Å². The largest absolute Gasteiger partial charge is 0.508 e. The molecule has 0 radical (unpaired) electrons. The lowest BCUT2D eigenvalue weighted by Gasteiger charge is -2.19. The Hall–Kier alpha value is -1.91. The lowest BCUT2D eigenvalue weighted by atomic mass is 10.3. The molecular formula is C15H13F3O5S2. The maximum atomic E-state index is 13.4. The van der Waals surface area contributed by atoms with Gasteiger partial charge < -0.3 is 14.4 Å². The Balaban J connectivity index is 2.11. The van der Waals surface area contributed by atoms with Crippen molar-refractivity contribution in [3.8, 4) is 11.5 Å². The van der Waals surface area contributed by atoms with E-state index in [1.54, 1.807) is 12.1 Å². The number of hydrogen-bond acceptors (Lipinski definition) is 6. The van der Waals surface area contributed by atoms with Crippen molar-refractivity contribution >= 4 is 21.9 Å². The molecule has 0 saturated heterocycles. The van der Waals surface area contributed by atoms with Gasteiger partial charge in [-0.25, -0.2) is 4.39 Å². The molecule has 10 heteroatoms. The van der Waals surface area contributed by atoms with Crippen molar-refractivity contribution < 1.29 is 36.0 Å². The topological polar surface area (TPSA) is 83.8 Å². The predicted octanol–water partition coefficient (Wildman–Crippen LogP) is 3.18. The van der Waals surface area contributed by atoms with Crippen LogP contribution < -0.4 is 4.18 Å². The van der Waals surface area contributed by atoms with E-state index >= 15 is 0 Å². The first-order valence-electron chi connectivity index (χ1n) is 6.79. The zero-order chi connectivity index (χ0) is 18.7. The predicted molar refractivity (Wildman–Crippen MR) is 85.1 cm³/mol. The molecule has 0 bridgehead atoms. The molecule has 2 N–H and O–H groups in total. The summed E-state index contributed by atoms with van der Waals surface area (Å²) in [4.78, 5) is 1.44. The fraction of sp³-hybridized carbons (Fsp3) is 0.200. The number of phenols is 1. The fourth-order valence-electron chi connectivity index (χ4n) is 1.66. The van der Waals surface area contributed by atoms with E-state index in [1.807, 2.05) is 0 Å². The van der Waals surface area contributed by atoms with Crippen LogP contribution in [0.25, 0.3) is 0 Å². The van der Waals surface area contributed by atoms with E-state index in [-0.39, 0.29) is 5.75 Å². The molecule has 136 valence electrons. The van der Waals surface area contributed by atoms with Crippen molar-refractivity contribution in [3.63, 3.8) is 0 Å². The average molecular weight is 394 g/mol. The molecule has 1 unspecified atom stereocenters. The standard InChI is InChI=1S/C15H13F3O5S2/c16-14(9-19)15(17,18)25(21,22)23-11-3-7-13(8-4-11)24-12-5-1-10(20)2-6-12/h1-8,14,19-20H,9H2. The van der Waals surface area contributed by atoms with Crippen molar-refractivity contribution in [3.05, 3.63) is 48.5 Å². The second kappa shape index (κ2) is 7.54. The van der Waals surface area contributed by atoms with Gasteiger partial charge in [0.1, 0.15) is 11.5 Å². The Kier molecular flexibility index (Phi) is 5.86. The van der Waals surface area contributed by atoms with Gasteiger partial charge in [-0.1, -0.05) is 11.8 Å². The summed E-state index contributed by atoms with van der Waals surface area (Å²) in [6, 6.07) is 11.4. The third kappa shape index (κ3) is 4.59. The monoisotopic (exact) mass is 394 g/mol. The van der Waals surface area contributed by atoms with Crippen molar-refractivity contribution in [2.45, 2.75) is 21.2 Å². The molecule has 0 aromatic heterocycles. The number of benzene rings is 2. The van der Waals surface area contributed by atoms with Gasteiger partial charge in [0.15, 0.2) is 0 Å². The maximum Gasteiger partial charge on any atom is 0.412 e. The molecule has 25 heavy (non-hydrogen) atoms. The Bertz CT molecular complexity index is 808. The van der Waals surface area contributed by atoms with Crippen molar-refractivity contribution in [1.29, 1.82) is 0 Å². The maximum absolute atomic E-state index is 13.4. The first-order chi connectivity index (χ1) is 11.7. The van der Waals surface area contributed by atoms with Gasteiger partial charge in [0, 0.05) is 9.79 Å². The summed E-state index contributed by atoms with van der Waals surface area (Å²) in [6.07, 6.45) is -3.29. The SMILES string of the molecule is O=S(=O)(Oc1ccc(Sc2ccc(O)cc2)cc1)C(F)(F)C(F)CO.